The fourth-order valence-electron chi connectivity index (χ4n) is 8.15. The molecule has 0 aromatic carbocycles. The van der Waals surface area contributed by atoms with E-state index in [1.165, 1.54) is 154 Å². The molecule has 0 aromatic rings. The molecule has 0 aliphatic heterocycles. The van der Waals surface area contributed by atoms with Crippen LogP contribution in [0, 0.1) is 0 Å². The van der Waals surface area contributed by atoms with Crippen LogP contribution in [0.5, 0.6) is 0 Å². The van der Waals surface area contributed by atoms with E-state index in [9.17, 15) is 19.5 Å². The fraction of sp³-hybridized carbons (Fsp3) is 0.762. The molecule has 9 heteroatoms. The second-order valence-corrected chi connectivity index (χ2v) is 20.9. The maximum atomic E-state index is 12.9. The Morgan fingerprint density at radius 1 is 0.431 bits per heavy atom. The zero-order valence-corrected chi connectivity index (χ0v) is 47.3. The van der Waals surface area contributed by atoms with Gasteiger partial charge in [0, 0.05) is 12.8 Å². The van der Waals surface area contributed by atoms with E-state index < -0.39 is 24.3 Å². The Labute approximate surface area is 443 Å². The van der Waals surface area contributed by atoms with Crippen LogP contribution >= 0.6 is 0 Å². The van der Waals surface area contributed by atoms with Gasteiger partial charge in [0.25, 0.3) is 6.29 Å². The van der Waals surface area contributed by atoms with E-state index in [-0.39, 0.29) is 32.2 Å². The van der Waals surface area contributed by atoms with Gasteiger partial charge in [-0.3, -0.25) is 9.59 Å². The molecule has 2 unspecified atom stereocenters. The minimum atomic E-state index is -1.51. The summed E-state index contributed by atoms with van der Waals surface area (Å²) in [7, 11) is 5.97. The number of unbranched alkanes of at least 4 members (excludes halogenated alkanes) is 27. The predicted molar refractivity (Wildman–Crippen MR) is 304 cm³/mol. The molecule has 0 heterocycles. The molecular weight excluding hydrogens is 899 g/mol. The van der Waals surface area contributed by atoms with E-state index in [0.29, 0.717) is 17.4 Å². The van der Waals surface area contributed by atoms with Crippen molar-refractivity contribution in [2.75, 3.05) is 47.5 Å². The number of aliphatic carboxylic acids is 1. The molecule has 0 amide bonds. The summed E-state index contributed by atoms with van der Waals surface area (Å²) in [5, 5.41) is 9.70. The van der Waals surface area contributed by atoms with Crippen LogP contribution in [0.3, 0.4) is 0 Å². The number of hydrogen-bond donors (Lipinski definition) is 1. The van der Waals surface area contributed by atoms with Crippen LogP contribution < -0.4 is 0 Å². The van der Waals surface area contributed by atoms with E-state index in [4.69, 9.17) is 18.9 Å². The molecule has 0 rings (SSSR count). The number of nitrogens with zero attached hydrogens (tertiary/aromatic N) is 1. The first-order valence-corrected chi connectivity index (χ1v) is 29.6. The van der Waals surface area contributed by atoms with Crippen LogP contribution in [0.1, 0.15) is 251 Å². The lowest BCUT2D eigenvalue weighted by molar-refractivity contribution is -0.870. The number of rotatable bonds is 54. The Bertz CT molecular complexity index is 1410. The van der Waals surface area contributed by atoms with Gasteiger partial charge in [-0.1, -0.05) is 228 Å². The third-order valence-electron chi connectivity index (χ3n) is 12.7. The Balaban J connectivity index is 4.21. The van der Waals surface area contributed by atoms with Crippen molar-refractivity contribution in [1.29, 1.82) is 0 Å². The van der Waals surface area contributed by atoms with Crippen LogP contribution in [0.4, 0.5) is 0 Å². The number of carboxylic acids is 1. The second-order valence-electron chi connectivity index (χ2n) is 20.9. The van der Waals surface area contributed by atoms with Gasteiger partial charge < -0.3 is 28.5 Å². The zero-order valence-electron chi connectivity index (χ0n) is 47.3. The van der Waals surface area contributed by atoms with Crippen LogP contribution in [0.2, 0.25) is 0 Å². The molecule has 0 fully saturated rings. The average molecular weight is 1010 g/mol. The number of allylic oxidation sites excluding steroid dienone is 12. The number of quaternary nitrogens is 1. The Hall–Kier alpha value is -3.27. The molecule has 9 nitrogen and oxygen atoms in total. The first-order chi connectivity index (χ1) is 35.1. The van der Waals surface area contributed by atoms with Gasteiger partial charge in [0.2, 0.25) is 0 Å². The van der Waals surface area contributed by atoms with Gasteiger partial charge in [-0.2, -0.15) is 0 Å². The molecule has 0 aliphatic rings. The van der Waals surface area contributed by atoms with Gasteiger partial charge >= 0.3 is 17.9 Å². The molecule has 0 bridgehead atoms. The molecule has 0 saturated heterocycles. The van der Waals surface area contributed by atoms with E-state index in [1.807, 2.05) is 21.1 Å². The zero-order chi connectivity index (χ0) is 52.7. The minimum absolute atomic E-state index is 0.185. The monoisotopic (exact) mass is 1010 g/mol. The lowest BCUT2D eigenvalue weighted by Gasteiger charge is -2.25. The van der Waals surface area contributed by atoms with Crippen LogP contribution in [0.15, 0.2) is 72.9 Å². The van der Waals surface area contributed by atoms with Gasteiger partial charge in [0.05, 0.1) is 34.4 Å². The average Bonchev–Trinajstić information content (AvgIpc) is 3.35. The summed E-state index contributed by atoms with van der Waals surface area (Å²) in [5.41, 5.74) is 0. The van der Waals surface area contributed by atoms with E-state index in [1.54, 1.807) is 0 Å². The first-order valence-electron chi connectivity index (χ1n) is 29.6. The van der Waals surface area contributed by atoms with E-state index >= 15 is 0 Å². The summed E-state index contributed by atoms with van der Waals surface area (Å²) in [5.74, 6) is -2.01. The van der Waals surface area contributed by atoms with Crippen LogP contribution in [0.25, 0.3) is 0 Å². The molecule has 1 N–H and O–H groups in total. The highest BCUT2D eigenvalue weighted by Crippen LogP contribution is 2.16. The molecule has 72 heavy (non-hydrogen) atoms. The van der Waals surface area contributed by atoms with Crippen molar-refractivity contribution in [2.45, 2.75) is 264 Å². The van der Waals surface area contributed by atoms with Crippen molar-refractivity contribution in [3.05, 3.63) is 72.9 Å². The Morgan fingerprint density at radius 2 is 0.792 bits per heavy atom. The second kappa shape index (κ2) is 54.0. The molecule has 416 valence electrons. The summed E-state index contributed by atoms with van der Waals surface area (Å²) in [6.07, 6.45) is 66.9. The van der Waals surface area contributed by atoms with Crippen molar-refractivity contribution < 1.29 is 42.9 Å². The predicted octanol–water partition coefficient (Wildman–Crippen LogP) is 17.4. The van der Waals surface area contributed by atoms with Crippen molar-refractivity contribution in [3.8, 4) is 0 Å². The normalized spacial score (nSPS) is 13.3. The lowest BCUT2D eigenvalue weighted by Crippen LogP contribution is -2.40. The maximum absolute atomic E-state index is 12.9. The first kappa shape index (κ1) is 68.7. The third-order valence-corrected chi connectivity index (χ3v) is 12.7. The smallest absolute Gasteiger partial charge is 0.361 e. The molecule has 0 aromatic heterocycles. The number of carbonyl (C=O) groups is 3. The maximum Gasteiger partial charge on any atom is 0.361 e. The number of carbonyl (C=O) groups excluding carboxylic acids is 2. The largest absolute Gasteiger partial charge is 0.477 e. The van der Waals surface area contributed by atoms with Crippen molar-refractivity contribution in [2.24, 2.45) is 0 Å². The highest BCUT2D eigenvalue weighted by Gasteiger charge is 2.25. The van der Waals surface area contributed by atoms with Gasteiger partial charge in [-0.05, 0) is 83.5 Å². The molecule has 0 radical (unpaired) electrons. The fourth-order valence-corrected chi connectivity index (χ4v) is 8.15. The Kier molecular flexibility index (Phi) is 51.6. The van der Waals surface area contributed by atoms with E-state index in [2.05, 4.69) is 86.8 Å². The molecule has 2 atom stereocenters. The summed E-state index contributed by atoms with van der Waals surface area (Å²) < 4.78 is 22.9. The summed E-state index contributed by atoms with van der Waals surface area (Å²) in [6.45, 7) is 4.77. The Morgan fingerprint density at radius 3 is 1.19 bits per heavy atom. The topological polar surface area (TPSA) is 108 Å². The standard InChI is InChI=1S/C63H111NO8/c1-6-8-10-12-14-16-18-20-22-24-26-27-28-29-30-31-32-33-34-35-36-38-40-42-44-46-48-50-52-54-61(66)72-59(58-71-63(62(67)68)69-56-55-64(3,4)5)57-70-60(65)53-51-49-47-45-43-41-39-37-25-23-21-19-17-15-13-11-9-7-2/h8,10,14,16,20,22-23,25-27,29-30,59,63H,6-7,9,11-13,15,17-19,21,24,28,31-58H2,1-5H3/p+1/b10-8-,16-14-,22-20-,25-23-,27-26-,30-29-. The molecular formula is C63H112NO8+. The molecule has 0 saturated carbocycles. The van der Waals surface area contributed by atoms with Crippen molar-refractivity contribution >= 4 is 17.9 Å². The highest BCUT2D eigenvalue weighted by molar-refractivity contribution is 5.71. The molecule has 0 spiro atoms. The third kappa shape index (κ3) is 54.5. The number of esters is 2. The SMILES string of the molecule is CC/C=C\C/C=C\C/C=C\C/C=C\C/C=C\CCCCCCCCCCCCCCCC(=O)OC(COC(=O)CCCCCCCCC/C=C\CCCCCCCCC)COC(OCC[N+](C)(C)C)C(=O)O. The van der Waals surface area contributed by atoms with Crippen LogP contribution in [-0.4, -0.2) is 87.4 Å². The van der Waals surface area contributed by atoms with Gasteiger partial charge in [0.1, 0.15) is 13.2 Å². The molecule has 0 aliphatic carbocycles. The number of hydrogen-bond acceptors (Lipinski definition) is 7. The number of likely N-dealkylation sites (N-methyl/N-ethyl adjacent to an activating group) is 1. The minimum Gasteiger partial charge on any atom is -0.477 e. The van der Waals surface area contributed by atoms with Crippen molar-refractivity contribution in [1.82, 2.24) is 0 Å². The highest BCUT2D eigenvalue weighted by atomic mass is 16.7. The van der Waals surface area contributed by atoms with Gasteiger partial charge in [0.15, 0.2) is 6.10 Å². The van der Waals surface area contributed by atoms with Crippen molar-refractivity contribution in [3.63, 3.8) is 0 Å². The van der Waals surface area contributed by atoms with E-state index in [0.717, 1.165) is 70.6 Å². The summed E-state index contributed by atoms with van der Waals surface area (Å²) in [6, 6.07) is 0. The summed E-state index contributed by atoms with van der Waals surface area (Å²) in [4.78, 5) is 37.4. The van der Waals surface area contributed by atoms with Gasteiger partial charge in [-0.25, -0.2) is 4.79 Å². The lowest BCUT2D eigenvalue weighted by atomic mass is 10.0. The number of ether oxygens (including phenoxy) is 4. The quantitative estimate of drug-likeness (QED) is 0.0211. The van der Waals surface area contributed by atoms with Crippen LogP contribution in [-0.2, 0) is 33.3 Å². The van der Waals surface area contributed by atoms with Gasteiger partial charge in [-0.15, -0.1) is 0 Å². The summed E-state index contributed by atoms with van der Waals surface area (Å²) >= 11 is 0. The number of carboxylic acid groups (broad SMARTS) is 1.